The molecule has 1 aromatic rings. The van der Waals surface area contributed by atoms with E-state index in [0.29, 0.717) is 12.1 Å². The van der Waals surface area contributed by atoms with E-state index in [1.807, 2.05) is 0 Å². The second kappa shape index (κ2) is 6.40. The third kappa shape index (κ3) is 3.71. The van der Waals surface area contributed by atoms with Gasteiger partial charge in [-0.25, -0.2) is 0 Å². The summed E-state index contributed by atoms with van der Waals surface area (Å²) >= 11 is 0. The molecule has 1 saturated heterocycles. The molecule has 0 aromatic heterocycles. The molecular weight excluding hydrogens is 234 g/mol. The summed E-state index contributed by atoms with van der Waals surface area (Å²) in [5, 5.41) is 3.64. The highest BCUT2D eigenvalue weighted by molar-refractivity contribution is 5.49. The zero-order valence-corrected chi connectivity index (χ0v) is 12.7. The Labute approximate surface area is 117 Å². The van der Waals surface area contributed by atoms with Gasteiger partial charge in [0.1, 0.15) is 0 Å². The van der Waals surface area contributed by atoms with Crippen LogP contribution in [0.2, 0.25) is 0 Å². The lowest BCUT2D eigenvalue weighted by molar-refractivity contribution is 0.307. The van der Waals surface area contributed by atoms with Gasteiger partial charge in [0.25, 0.3) is 0 Å². The van der Waals surface area contributed by atoms with Gasteiger partial charge in [-0.05, 0) is 45.1 Å². The molecule has 1 aromatic carbocycles. The Hall–Kier alpha value is -1.06. The van der Waals surface area contributed by atoms with Crippen LogP contribution in [0.25, 0.3) is 0 Å². The minimum Gasteiger partial charge on any atom is -0.366 e. The van der Waals surface area contributed by atoms with Crippen LogP contribution in [0, 0.1) is 0 Å². The third-order valence-corrected chi connectivity index (χ3v) is 3.91. The molecule has 0 radical (unpaired) electrons. The molecule has 3 heteroatoms. The molecule has 1 aliphatic heterocycles. The van der Waals surface area contributed by atoms with Crippen LogP contribution in [0.3, 0.4) is 0 Å². The van der Waals surface area contributed by atoms with Gasteiger partial charge in [-0.15, -0.1) is 0 Å². The minimum absolute atomic E-state index is 0.553. The van der Waals surface area contributed by atoms with Gasteiger partial charge < -0.3 is 15.1 Å². The van der Waals surface area contributed by atoms with Crippen LogP contribution in [0.15, 0.2) is 24.3 Å². The van der Waals surface area contributed by atoms with E-state index >= 15 is 0 Å². The summed E-state index contributed by atoms with van der Waals surface area (Å²) in [5.41, 5.74) is 2.77. The van der Waals surface area contributed by atoms with Crippen molar-refractivity contribution >= 4 is 5.69 Å². The molecule has 2 unspecified atom stereocenters. The fourth-order valence-corrected chi connectivity index (χ4v) is 2.78. The van der Waals surface area contributed by atoms with Gasteiger partial charge in [-0.3, -0.25) is 0 Å². The van der Waals surface area contributed by atoms with E-state index in [9.17, 15) is 0 Å². The Kier molecular flexibility index (Phi) is 4.83. The van der Waals surface area contributed by atoms with E-state index < -0.39 is 0 Å². The second-order valence-corrected chi connectivity index (χ2v) is 5.89. The van der Waals surface area contributed by atoms with Gasteiger partial charge in [0, 0.05) is 37.4 Å². The maximum Gasteiger partial charge on any atom is 0.0387 e. The Balaban J connectivity index is 2.07. The molecule has 2 atom stereocenters. The van der Waals surface area contributed by atoms with Crippen molar-refractivity contribution in [1.82, 2.24) is 10.2 Å². The van der Waals surface area contributed by atoms with Gasteiger partial charge in [-0.2, -0.15) is 0 Å². The van der Waals surface area contributed by atoms with Gasteiger partial charge in [0.2, 0.25) is 0 Å². The molecule has 106 valence electrons. The van der Waals surface area contributed by atoms with E-state index in [1.54, 1.807) is 0 Å². The van der Waals surface area contributed by atoms with E-state index in [0.717, 1.165) is 26.1 Å². The lowest BCUT2D eigenvalue weighted by atomic mass is 10.1. The van der Waals surface area contributed by atoms with Crippen LogP contribution in [-0.4, -0.2) is 50.7 Å². The Morgan fingerprint density at radius 1 is 1.26 bits per heavy atom. The molecule has 0 spiro atoms. The molecule has 0 amide bonds. The van der Waals surface area contributed by atoms with Crippen LogP contribution < -0.4 is 10.2 Å². The van der Waals surface area contributed by atoms with Crippen LogP contribution in [0.4, 0.5) is 5.69 Å². The number of likely N-dealkylation sites (N-methyl/N-ethyl adjacent to an activating group) is 1. The SMILES string of the molecule is CCc1ccc(N2CC(CN(C)C)NCC2C)cc1. The predicted molar refractivity (Wildman–Crippen MR) is 83.0 cm³/mol. The number of piperazine rings is 1. The molecule has 1 aliphatic rings. The van der Waals surface area contributed by atoms with Crippen molar-refractivity contribution < 1.29 is 0 Å². The van der Waals surface area contributed by atoms with Crippen LogP contribution in [-0.2, 0) is 6.42 Å². The Morgan fingerprint density at radius 3 is 2.53 bits per heavy atom. The van der Waals surface area contributed by atoms with Crippen molar-refractivity contribution in [2.45, 2.75) is 32.4 Å². The van der Waals surface area contributed by atoms with Crippen molar-refractivity contribution in [2.24, 2.45) is 0 Å². The molecule has 1 heterocycles. The molecule has 1 fully saturated rings. The molecular formula is C16H27N3. The summed E-state index contributed by atoms with van der Waals surface area (Å²) in [6.45, 7) is 7.75. The van der Waals surface area contributed by atoms with Crippen LogP contribution in [0.1, 0.15) is 19.4 Å². The molecule has 0 aliphatic carbocycles. The normalized spacial score (nSPS) is 23.9. The fourth-order valence-electron chi connectivity index (χ4n) is 2.78. The summed E-state index contributed by atoms with van der Waals surface area (Å²) in [5.74, 6) is 0. The molecule has 2 rings (SSSR count). The number of rotatable bonds is 4. The fraction of sp³-hybridized carbons (Fsp3) is 0.625. The number of hydrogen-bond donors (Lipinski definition) is 1. The van der Waals surface area contributed by atoms with E-state index in [1.165, 1.54) is 11.3 Å². The van der Waals surface area contributed by atoms with E-state index in [2.05, 4.69) is 67.3 Å². The number of nitrogens with zero attached hydrogens (tertiary/aromatic N) is 2. The highest BCUT2D eigenvalue weighted by Crippen LogP contribution is 2.20. The molecule has 1 N–H and O–H groups in total. The summed E-state index contributed by atoms with van der Waals surface area (Å²) in [4.78, 5) is 4.79. The first kappa shape index (κ1) is 14.4. The van der Waals surface area contributed by atoms with Gasteiger partial charge >= 0.3 is 0 Å². The first-order chi connectivity index (χ1) is 9.10. The topological polar surface area (TPSA) is 18.5 Å². The zero-order chi connectivity index (χ0) is 13.8. The first-order valence-corrected chi connectivity index (χ1v) is 7.34. The van der Waals surface area contributed by atoms with Crippen molar-refractivity contribution in [3.8, 4) is 0 Å². The summed E-state index contributed by atoms with van der Waals surface area (Å²) in [6, 6.07) is 10.2. The van der Waals surface area contributed by atoms with Crippen LogP contribution >= 0.6 is 0 Å². The van der Waals surface area contributed by atoms with E-state index in [-0.39, 0.29) is 0 Å². The second-order valence-electron chi connectivity index (χ2n) is 5.89. The lowest BCUT2D eigenvalue weighted by Crippen LogP contribution is -2.58. The average Bonchev–Trinajstić information content (AvgIpc) is 2.40. The lowest BCUT2D eigenvalue weighted by Gasteiger charge is -2.41. The van der Waals surface area contributed by atoms with Gasteiger partial charge in [-0.1, -0.05) is 19.1 Å². The third-order valence-electron chi connectivity index (χ3n) is 3.91. The Morgan fingerprint density at radius 2 is 1.95 bits per heavy atom. The number of anilines is 1. The van der Waals surface area contributed by atoms with Crippen molar-refractivity contribution in [2.75, 3.05) is 38.6 Å². The quantitative estimate of drug-likeness (QED) is 0.894. The first-order valence-electron chi connectivity index (χ1n) is 7.34. The predicted octanol–water partition coefficient (Wildman–Crippen LogP) is 1.98. The summed E-state index contributed by atoms with van der Waals surface area (Å²) in [6.07, 6.45) is 1.11. The summed E-state index contributed by atoms with van der Waals surface area (Å²) < 4.78 is 0. The van der Waals surface area contributed by atoms with Gasteiger partial charge in [0.05, 0.1) is 0 Å². The molecule has 3 nitrogen and oxygen atoms in total. The van der Waals surface area contributed by atoms with Crippen LogP contribution in [0.5, 0.6) is 0 Å². The maximum atomic E-state index is 3.64. The molecule has 0 bridgehead atoms. The Bertz CT molecular complexity index is 385. The minimum atomic E-state index is 0.553. The average molecular weight is 261 g/mol. The summed E-state index contributed by atoms with van der Waals surface area (Å²) in [7, 11) is 4.28. The largest absolute Gasteiger partial charge is 0.366 e. The highest BCUT2D eigenvalue weighted by Gasteiger charge is 2.25. The number of aryl methyl sites for hydroxylation is 1. The van der Waals surface area contributed by atoms with E-state index in [4.69, 9.17) is 0 Å². The monoisotopic (exact) mass is 261 g/mol. The number of hydrogen-bond acceptors (Lipinski definition) is 3. The van der Waals surface area contributed by atoms with Crippen molar-refractivity contribution in [3.05, 3.63) is 29.8 Å². The number of benzene rings is 1. The molecule has 19 heavy (non-hydrogen) atoms. The number of nitrogens with one attached hydrogen (secondary N) is 1. The smallest absolute Gasteiger partial charge is 0.0387 e. The van der Waals surface area contributed by atoms with Crippen molar-refractivity contribution in [3.63, 3.8) is 0 Å². The maximum absolute atomic E-state index is 3.64. The van der Waals surface area contributed by atoms with Crippen molar-refractivity contribution in [1.29, 1.82) is 0 Å². The zero-order valence-electron chi connectivity index (χ0n) is 12.7. The highest BCUT2D eigenvalue weighted by atomic mass is 15.2. The standard InChI is InChI=1S/C16H27N3/c1-5-14-6-8-16(9-7-14)19-12-15(11-18(3)4)17-10-13(19)2/h6-9,13,15,17H,5,10-12H2,1-4H3. The molecule has 0 saturated carbocycles. The van der Waals surface area contributed by atoms with Gasteiger partial charge in [0.15, 0.2) is 0 Å².